The fourth-order valence-corrected chi connectivity index (χ4v) is 1.60. The number of ether oxygens (including phenoxy) is 1. The van der Waals surface area contributed by atoms with Crippen molar-refractivity contribution in [3.63, 3.8) is 0 Å². The van der Waals surface area contributed by atoms with Gasteiger partial charge in [-0.1, -0.05) is 30.3 Å². The minimum atomic E-state index is -0.132. The van der Waals surface area contributed by atoms with Crippen LogP contribution in [-0.4, -0.2) is 37.2 Å². The molecule has 2 amide bonds. The van der Waals surface area contributed by atoms with Crippen LogP contribution in [-0.2, 0) is 11.3 Å². The van der Waals surface area contributed by atoms with Crippen LogP contribution in [0.5, 0.6) is 0 Å². The lowest BCUT2D eigenvalue weighted by atomic mass is 10.2. The molecule has 2 rings (SSSR count). The molecule has 1 aliphatic rings. The standard InChI is InChI=1S/C12H15N2O2/c15-12(14-6-8-16-9-7-14)13-10-11-4-2-1-3-5-11/h1-5H,6-10H2. The van der Waals surface area contributed by atoms with E-state index in [1.807, 2.05) is 30.3 Å². The quantitative estimate of drug-likeness (QED) is 0.751. The Balaban J connectivity index is 1.79. The van der Waals surface area contributed by atoms with Crippen LogP contribution in [0.15, 0.2) is 30.3 Å². The molecular formula is C12H15N2O2. The van der Waals surface area contributed by atoms with Gasteiger partial charge in [0.2, 0.25) is 0 Å². The monoisotopic (exact) mass is 219 g/mol. The average Bonchev–Trinajstić information content (AvgIpc) is 2.38. The first kappa shape index (κ1) is 11.0. The molecule has 0 N–H and O–H groups in total. The van der Waals surface area contributed by atoms with Gasteiger partial charge in [-0.3, -0.25) is 0 Å². The Morgan fingerprint density at radius 1 is 1.25 bits per heavy atom. The van der Waals surface area contributed by atoms with E-state index in [1.165, 1.54) is 0 Å². The molecular weight excluding hydrogens is 204 g/mol. The molecule has 1 heterocycles. The van der Waals surface area contributed by atoms with E-state index >= 15 is 0 Å². The van der Waals surface area contributed by atoms with Crippen LogP contribution < -0.4 is 5.32 Å². The zero-order valence-corrected chi connectivity index (χ0v) is 9.13. The zero-order chi connectivity index (χ0) is 11.2. The first-order valence-electron chi connectivity index (χ1n) is 5.44. The molecule has 0 saturated carbocycles. The van der Waals surface area contributed by atoms with Crippen LogP contribution in [0, 0.1) is 0 Å². The number of nitrogens with zero attached hydrogens (tertiary/aromatic N) is 2. The van der Waals surface area contributed by atoms with E-state index in [2.05, 4.69) is 5.32 Å². The van der Waals surface area contributed by atoms with E-state index in [0.29, 0.717) is 32.8 Å². The molecule has 1 aromatic carbocycles. The minimum Gasteiger partial charge on any atom is -0.378 e. The van der Waals surface area contributed by atoms with Crippen molar-refractivity contribution in [2.24, 2.45) is 0 Å². The highest BCUT2D eigenvalue weighted by Gasteiger charge is 2.17. The Morgan fingerprint density at radius 2 is 1.94 bits per heavy atom. The summed E-state index contributed by atoms with van der Waals surface area (Å²) in [5.41, 5.74) is 1.06. The third kappa shape index (κ3) is 2.97. The van der Waals surface area contributed by atoms with Gasteiger partial charge in [-0.25, -0.2) is 10.1 Å². The van der Waals surface area contributed by atoms with Crippen molar-refractivity contribution in [3.05, 3.63) is 35.9 Å². The van der Waals surface area contributed by atoms with Crippen LogP contribution in [0.3, 0.4) is 0 Å². The lowest BCUT2D eigenvalue weighted by Crippen LogP contribution is -2.43. The van der Waals surface area contributed by atoms with Crippen LogP contribution in [0.4, 0.5) is 4.79 Å². The summed E-state index contributed by atoms with van der Waals surface area (Å²) in [6.45, 7) is 2.99. The Morgan fingerprint density at radius 3 is 2.62 bits per heavy atom. The molecule has 1 aromatic rings. The third-order valence-electron chi connectivity index (χ3n) is 2.52. The van der Waals surface area contributed by atoms with Gasteiger partial charge in [-0.05, 0) is 5.56 Å². The summed E-state index contributed by atoms with van der Waals surface area (Å²) in [6, 6.07) is 9.65. The smallest absolute Gasteiger partial charge is 0.339 e. The van der Waals surface area contributed by atoms with Gasteiger partial charge < -0.3 is 9.64 Å². The Bertz CT molecular complexity index is 334. The average molecular weight is 219 g/mol. The van der Waals surface area contributed by atoms with E-state index in [4.69, 9.17) is 4.74 Å². The Labute approximate surface area is 95.2 Å². The summed E-state index contributed by atoms with van der Waals surface area (Å²) in [4.78, 5) is 13.4. The van der Waals surface area contributed by atoms with E-state index in [-0.39, 0.29) is 6.03 Å². The summed E-state index contributed by atoms with van der Waals surface area (Å²) >= 11 is 0. The maximum atomic E-state index is 11.7. The highest BCUT2D eigenvalue weighted by atomic mass is 16.5. The Hall–Kier alpha value is -1.55. The number of carbonyl (C=O) groups is 1. The van der Waals surface area contributed by atoms with Crippen LogP contribution >= 0.6 is 0 Å². The van der Waals surface area contributed by atoms with Crippen molar-refractivity contribution >= 4 is 6.03 Å². The normalized spacial score (nSPS) is 15.9. The van der Waals surface area contributed by atoms with Crippen molar-refractivity contribution < 1.29 is 9.53 Å². The molecule has 0 aliphatic carbocycles. The van der Waals surface area contributed by atoms with Crippen molar-refractivity contribution in [2.75, 3.05) is 26.3 Å². The molecule has 0 atom stereocenters. The summed E-state index contributed by atoms with van der Waals surface area (Å²) < 4.78 is 5.18. The summed E-state index contributed by atoms with van der Waals surface area (Å²) in [5, 5.41) is 4.05. The fraction of sp³-hybridized carbons (Fsp3) is 0.417. The number of benzene rings is 1. The number of hydrogen-bond donors (Lipinski definition) is 0. The van der Waals surface area contributed by atoms with Crippen molar-refractivity contribution in [1.82, 2.24) is 10.2 Å². The maximum Gasteiger partial charge on any atom is 0.339 e. The number of carbonyl (C=O) groups excluding carboxylic acids is 1. The van der Waals surface area contributed by atoms with E-state index in [0.717, 1.165) is 5.56 Å². The van der Waals surface area contributed by atoms with E-state index < -0.39 is 0 Å². The molecule has 1 radical (unpaired) electrons. The second-order valence-corrected chi connectivity index (χ2v) is 3.68. The highest BCUT2D eigenvalue weighted by Crippen LogP contribution is 2.01. The number of rotatable bonds is 2. The third-order valence-corrected chi connectivity index (χ3v) is 2.52. The zero-order valence-electron chi connectivity index (χ0n) is 9.13. The molecule has 1 fully saturated rings. The number of hydrogen-bond acceptors (Lipinski definition) is 2. The second-order valence-electron chi connectivity index (χ2n) is 3.68. The maximum absolute atomic E-state index is 11.7. The molecule has 16 heavy (non-hydrogen) atoms. The summed E-state index contributed by atoms with van der Waals surface area (Å²) in [6.07, 6.45) is 0. The second kappa shape index (κ2) is 5.51. The largest absolute Gasteiger partial charge is 0.378 e. The van der Waals surface area contributed by atoms with Gasteiger partial charge in [0.15, 0.2) is 0 Å². The minimum absolute atomic E-state index is 0.132. The number of urea groups is 1. The van der Waals surface area contributed by atoms with Gasteiger partial charge in [0.05, 0.1) is 19.8 Å². The highest BCUT2D eigenvalue weighted by molar-refractivity contribution is 5.73. The van der Waals surface area contributed by atoms with Gasteiger partial charge in [-0.2, -0.15) is 0 Å². The van der Waals surface area contributed by atoms with Gasteiger partial charge in [0, 0.05) is 13.1 Å². The molecule has 0 bridgehead atoms. The number of amides is 2. The lowest BCUT2D eigenvalue weighted by Gasteiger charge is -2.25. The lowest BCUT2D eigenvalue weighted by molar-refractivity contribution is 0.0529. The SMILES string of the molecule is O=C([N]Cc1ccccc1)N1CCOCC1. The first-order valence-corrected chi connectivity index (χ1v) is 5.44. The molecule has 0 unspecified atom stereocenters. The molecule has 4 heteroatoms. The Kier molecular flexibility index (Phi) is 3.77. The van der Waals surface area contributed by atoms with Gasteiger partial charge in [0.1, 0.15) is 0 Å². The van der Waals surface area contributed by atoms with Crippen LogP contribution in [0.2, 0.25) is 0 Å². The molecule has 1 aliphatic heterocycles. The molecule has 85 valence electrons. The predicted molar refractivity (Wildman–Crippen MR) is 60.1 cm³/mol. The predicted octanol–water partition coefficient (Wildman–Crippen LogP) is 1.24. The van der Waals surface area contributed by atoms with E-state index in [9.17, 15) is 4.79 Å². The summed E-state index contributed by atoms with van der Waals surface area (Å²) in [7, 11) is 0. The molecule has 4 nitrogen and oxygen atoms in total. The van der Waals surface area contributed by atoms with Gasteiger partial charge in [0.25, 0.3) is 0 Å². The van der Waals surface area contributed by atoms with Crippen molar-refractivity contribution in [1.29, 1.82) is 0 Å². The number of morpholine rings is 1. The molecule has 0 aromatic heterocycles. The fourth-order valence-electron chi connectivity index (χ4n) is 1.60. The topological polar surface area (TPSA) is 43.6 Å². The molecule has 0 spiro atoms. The summed E-state index contributed by atoms with van der Waals surface area (Å²) in [5.74, 6) is 0. The van der Waals surface area contributed by atoms with Crippen LogP contribution in [0.1, 0.15) is 5.56 Å². The van der Waals surface area contributed by atoms with Crippen molar-refractivity contribution in [2.45, 2.75) is 6.54 Å². The molecule has 1 saturated heterocycles. The van der Waals surface area contributed by atoms with Gasteiger partial charge >= 0.3 is 6.03 Å². The van der Waals surface area contributed by atoms with Crippen LogP contribution in [0.25, 0.3) is 0 Å². The van der Waals surface area contributed by atoms with E-state index in [1.54, 1.807) is 4.90 Å². The van der Waals surface area contributed by atoms with Crippen molar-refractivity contribution in [3.8, 4) is 0 Å². The first-order chi connectivity index (χ1) is 7.86. The van der Waals surface area contributed by atoms with Gasteiger partial charge in [-0.15, -0.1) is 0 Å².